The maximum Gasteiger partial charge on any atom is 0.261 e. The first-order valence-corrected chi connectivity index (χ1v) is 10.9. The van der Waals surface area contributed by atoms with Gasteiger partial charge in [-0.3, -0.25) is 4.79 Å². The van der Waals surface area contributed by atoms with E-state index in [0.717, 1.165) is 38.7 Å². The van der Waals surface area contributed by atoms with Crippen molar-refractivity contribution in [3.05, 3.63) is 34.1 Å². The first-order chi connectivity index (χ1) is 13.6. The third kappa shape index (κ3) is 4.67. The number of hydrogen-bond acceptors (Lipinski definition) is 6. The van der Waals surface area contributed by atoms with E-state index in [1.807, 2.05) is 0 Å². The molecule has 2 aliphatic rings. The van der Waals surface area contributed by atoms with Crippen molar-refractivity contribution in [3.63, 3.8) is 0 Å². The Morgan fingerprint density at radius 3 is 2.86 bits per heavy atom. The number of rotatable bonds is 6. The number of aliphatic hydroxyl groups is 1. The monoisotopic (exact) mass is 408 g/mol. The van der Waals surface area contributed by atoms with E-state index in [1.54, 1.807) is 17.8 Å². The third-order valence-corrected chi connectivity index (χ3v) is 6.78. The molecule has 0 spiro atoms. The van der Waals surface area contributed by atoms with Crippen molar-refractivity contribution in [2.24, 2.45) is 5.92 Å². The minimum atomic E-state index is -0.621. The summed E-state index contributed by atoms with van der Waals surface area (Å²) in [6, 6.07) is 2.88. The Kier molecular flexibility index (Phi) is 6.18. The summed E-state index contributed by atoms with van der Waals surface area (Å²) < 4.78 is 25.5. The number of nitrogens with zero attached hydrogens (tertiary/aromatic N) is 1. The summed E-state index contributed by atoms with van der Waals surface area (Å²) in [6.07, 6.45) is 4.30. The molecule has 0 unspecified atom stereocenters. The van der Waals surface area contributed by atoms with Gasteiger partial charge in [0.25, 0.3) is 5.56 Å². The molecule has 152 valence electrons. The second kappa shape index (κ2) is 8.80. The molecular weight excluding hydrogens is 383 g/mol. The lowest BCUT2D eigenvalue weighted by Gasteiger charge is -2.24. The minimum absolute atomic E-state index is 0.0360. The Labute approximate surface area is 166 Å². The van der Waals surface area contributed by atoms with Gasteiger partial charge in [0.2, 0.25) is 0 Å². The molecule has 2 N–H and O–H groups in total. The highest BCUT2D eigenvalue weighted by molar-refractivity contribution is 7.99. The molecule has 2 aromatic rings. The van der Waals surface area contributed by atoms with E-state index in [2.05, 4.69) is 9.97 Å². The van der Waals surface area contributed by atoms with Gasteiger partial charge in [-0.05, 0) is 32.1 Å². The number of H-pyrrole nitrogens is 1. The van der Waals surface area contributed by atoms with E-state index in [0.29, 0.717) is 47.2 Å². The molecule has 0 bridgehead atoms. The largest absolute Gasteiger partial charge is 0.493 e. The molecule has 2 heterocycles. The molecule has 1 aromatic carbocycles. The van der Waals surface area contributed by atoms with Crippen molar-refractivity contribution in [2.75, 3.05) is 19.8 Å². The van der Waals surface area contributed by atoms with E-state index in [-0.39, 0.29) is 11.5 Å². The molecule has 8 heteroatoms. The van der Waals surface area contributed by atoms with Crippen molar-refractivity contribution >= 4 is 22.7 Å². The molecule has 6 nitrogen and oxygen atoms in total. The number of halogens is 1. The van der Waals surface area contributed by atoms with Crippen molar-refractivity contribution in [2.45, 2.75) is 49.2 Å². The highest BCUT2D eigenvalue weighted by Gasteiger charge is 2.21. The van der Waals surface area contributed by atoms with Gasteiger partial charge in [0.15, 0.2) is 0 Å². The van der Waals surface area contributed by atoms with Gasteiger partial charge >= 0.3 is 0 Å². The molecule has 1 saturated carbocycles. The van der Waals surface area contributed by atoms with Gasteiger partial charge in [-0.1, -0.05) is 0 Å². The molecule has 1 aromatic heterocycles. The number of aliphatic hydroxyl groups excluding tert-OH is 1. The topological polar surface area (TPSA) is 84.4 Å². The van der Waals surface area contributed by atoms with Gasteiger partial charge < -0.3 is 19.6 Å². The average Bonchev–Trinajstić information content (AvgIpc) is 3.19. The Balaban J connectivity index is 1.48. The molecule has 1 atom stereocenters. The molecule has 1 aliphatic carbocycles. The third-order valence-electron chi connectivity index (χ3n) is 5.39. The SMILES string of the molecule is O=c1[nH]c(CSC2CCC(O)CC2)nc2cc(OC[C@@H]3CCOC3)cc(F)c12. The van der Waals surface area contributed by atoms with Crippen LogP contribution in [0.2, 0.25) is 0 Å². The first-order valence-electron chi connectivity index (χ1n) is 9.81. The number of thioether (sulfide) groups is 1. The van der Waals surface area contributed by atoms with Crippen molar-refractivity contribution in [3.8, 4) is 5.75 Å². The number of nitrogens with one attached hydrogen (secondary N) is 1. The summed E-state index contributed by atoms with van der Waals surface area (Å²) in [5.41, 5.74) is -0.149. The van der Waals surface area contributed by atoms with Gasteiger partial charge in [0.05, 0.1) is 30.6 Å². The fourth-order valence-corrected chi connectivity index (χ4v) is 4.87. The van der Waals surface area contributed by atoms with Gasteiger partial charge in [0, 0.05) is 29.9 Å². The van der Waals surface area contributed by atoms with Crippen LogP contribution in [0.4, 0.5) is 4.39 Å². The van der Waals surface area contributed by atoms with Crippen molar-refractivity contribution < 1.29 is 19.0 Å². The van der Waals surface area contributed by atoms with Crippen LogP contribution in [0.15, 0.2) is 16.9 Å². The van der Waals surface area contributed by atoms with E-state index in [9.17, 15) is 14.3 Å². The predicted molar refractivity (Wildman–Crippen MR) is 106 cm³/mol. The fraction of sp³-hybridized carbons (Fsp3) is 0.600. The number of ether oxygens (including phenoxy) is 2. The molecule has 4 rings (SSSR count). The van der Waals surface area contributed by atoms with Crippen molar-refractivity contribution in [1.82, 2.24) is 9.97 Å². The van der Waals surface area contributed by atoms with Crippen LogP contribution in [0.25, 0.3) is 10.9 Å². The number of aromatic nitrogens is 2. The van der Waals surface area contributed by atoms with Gasteiger partial charge in [0.1, 0.15) is 22.8 Å². The van der Waals surface area contributed by atoms with Crippen LogP contribution in [-0.2, 0) is 10.5 Å². The van der Waals surface area contributed by atoms with Crippen LogP contribution < -0.4 is 10.3 Å². The summed E-state index contributed by atoms with van der Waals surface area (Å²) >= 11 is 1.72. The van der Waals surface area contributed by atoms with E-state index < -0.39 is 11.4 Å². The molecule has 1 saturated heterocycles. The zero-order valence-corrected chi connectivity index (χ0v) is 16.5. The van der Waals surface area contributed by atoms with E-state index in [1.165, 1.54) is 6.07 Å². The van der Waals surface area contributed by atoms with Crippen LogP contribution in [0.5, 0.6) is 5.75 Å². The number of fused-ring (bicyclic) bond motifs is 1. The number of hydrogen-bond donors (Lipinski definition) is 2. The van der Waals surface area contributed by atoms with Gasteiger partial charge in [-0.25, -0.2) is 9.37 Å². The van der Waals surface area contributed by atoms with Gasteiger partial charge in [-0.2, -0.15) is 11.8 Å². The summed E-state index contributed by atoms with van der Waals surface area (Å²) in [5.74, 6) is 1.17. The Morgan fingerprint density at radius 2 is 2.11 bits per heavy atom. The average molecular weight is 408 g/mol. The lowest BCUT2D eigenvalue weighted by atomic mass is 9.97. The number of benzene rings is 1. The Morgan fingerprint density at radius 1 is 1.29 bits per heavy atom. The molecule has 28 heavy (non-hydrogen) atoms. The quantitative estimate of drug-likeness (QED) is 0.764. The maximum absolute atomic E-state index is 14.5. The summed E-state index contributed by atoms with van der Waals surface area (Å²) in [4.78, 5) is 19.5. The van der Waals surface area contributed by atoms with Crippen LogP contribution in [-0.4, -0.2) is 46.2 Å². The Hall–Kier alpha value is -1.64. The smallest absolute Gasteiger partial charge is 0.261 e. The lowest BCUT2D eigenvalue weighted by molar-refractivity contribution is 0.132. The summed E-state index contributed by atoms with van der Waals surface area (Å²) in [7, 11) is 0. The van der Waals surface area contributed by atoms with Crippen molar-refractivity contribution in [1.29, 1.82) is 0 Å². The van der Waals surface area contributed by atoms with Crippen LogP contribution in [0, 0.1) is 11.7 Å². The van der Waals surface area contributed by atoms with E-state index in [4.69, 9.17) is 9.47 Å². The normalized spacial score (nSPS) is 25.3. The van der Waals surface area contributed by atoms with Gasteiger partial charge in [-0.15, -0.1) is 0 Å². The van der Waals surface area contributed by atoms with Crippen LogP contribution in [0.3, 0.4) is 0 Å². The second-order valence-electron chi connectivity index (χ2n) is 7.59. The second-order valence-corrected chi connectivity index (χ2v) is 8.88. The molecule has 1 aliphatic heterocycles. The maximum atomic E-state index is 14.5. The first kappa shape index (κ1) is 19.7. The van der Waals surface area contributed by atoms with Crippen LogP contribution >= 0.6 is 11.8 Å². The minimum Gasteiger partial charge on any atom is -0.493 e. The zero-order valence-electron chi connectivity index (χ0n) is 15.7. The molecule has 2 fully saturated rings. The van der Waals surface area contributed by atoms with E-state index >= 15 is 0 Å². The fourth-order valence-electron chi connectivity index (χ4n) is 3.74. The Bertz CT molecular complexity index is 876. The molecular formula is C20H25FN2O4S. The summed E-state index contributed by atoms with van der Waals surface area (Å²) in [6.45, 7) is 1.86. The number of aromatic amines is 1. The lowest BCUT2D eigenvalue weighted by Crippen LogP contribution is -2.20. The predicted octanol–water partition coefficient (Wildman–Crippen LogP) is 3.01. The summed E-state index contributed by atoms with van der Waals surface area (Å²) in [5, 5.41) is 10.0. The molecule has 0 radical (unpaired) electrons. The highest BCUT2D eigenvalue weighted by atomic mass is 32.2. The zero-order chi connectivity index (χ0) is 19.5. The highest BCUT2D eigenvalue weighted by Crippen LogP contribution is 2.30. The standard InChI is InChI=1S/C20H25FN2O4S/c21-16-7-14(27-10-12-5-6-26-9-12)8-17-19(16)20(25)23-18(22-17)11-28-15-3-1-13(24)2-4-15/h7-8,12-13,15,24H,1-6,9-11H2,(H,22,23,25)/t12-,13?,15?/m1/s1. The molecule has 0 amide bonds. The van der Waals surface area contributed by atoms with Crippen LogP contribution in [0.1, 0.15) is 37.9 Å².